The van der Waals surface area contributed by atoms with Crippen molar-refractivity contribution < 1.29 is 12.8 Å². The van der Waals surface area contributed by atoms with Gasteiger partial charge in [-0.05, 0) is 30.2 Å². The summed E-state index contributed by atoms with van der Waals surface area (Å²) in [5.41, 5.74) is 0. The molecule has 0 saturated carbocycles. The average molecular weight is 315 g/mol. The Labute approximate surface area is 120 Å². The largest absolute Gasteiger partial charge is 0.263 e. The third-order valence-electron chi connectivity index (χ3n) is 2.40. The number of hydrogen-bond donors (Lipinski definition) is 1. The van der Waals surface area contributed by atoms with E-state index in [1.54, 1.807) is 0 Å². The van der Waals surface area contributed by atoms with Crippen molar-refractivity contribution in [3.8, 4) is 0 Å². The minimum Gasteiger partial charge on any atom is -0.253 e. The summed E-state index contributed by atoms with van der Waals surface area (Å²) >= 11 is 1.20. The summed E-state index contributed by atoms with van der Waals surface area (Å²) in [6.07, 6.45) is 0.746. The Morgan fingerprint density at radius 3 is 2.50 bits per heavy atom. The summed E-state index contributed by atoms with van der Waals surface area (Å²) < 4.78 is 39.2. The highest BCUT2D eigenvalue weighted by Gasteiger charge is 2.17. The number of nitrogens with zero attached hydrogens (tertiary/aromatic N) is 2. The lowest BCUT2D eigenvalue weighted by molar-refractivity contribution is 0.599. The van der Waals surface area contributed by atoms with Crippen molar-refractivity contribution >= 4 is 26.5 Å². The fraction of sp³-hybridized carbons (Fsp3) is 0.333. The minimum absolute atomic E-state index is 0.0143. The van der Waals surface area contributed by atoms with Crippen LogP contribution in [0, 0.1) is 11.7 Å². The summed E-state index contributed by atoms with van der Waals surface area (Å²) in [5, 5.41) is 8.72. The van der Waals surface area contributed by atoms with E-state index in [-0.39, 0.29) is 10.0 Å². The Balaban J connectivity index is 2.16. The Kier molecular flexibility index (Phi) is 4.34. The van der Waals surface area contributed by atoms with E-state index in [0.717, 1.165) is 23.6 Å². The smallest absolute Gasteiger partial charge is 0.253 e. The van der Waals surface area contributed by atoms with Gasteiger partial charge in [0.05, 0.1) is 4.90 Å². The first-order valence-corrected chi connectivity index (χ1v) is 8.27. The van der Waals surface area contributed by atoms with E-state index in [9.17, 15) is 12.8 Å². The standard InChI is InChI=1S/C12H14FN3O2S2/c1-8(2)7-11-14-15-12(19-11)16-20(17,18)10-5-3-9(13)4-6-10/h3-6,8H,7H2,1-2H3,(H,15,16). The molecular formula is C12H14FN3O2S2. The molecule has 1 aromatic heterocycles. The van der Waals surface area contributed by atoms with Crippen molar-refractivity contribution in [2.45, 2.75) is 25.2 Å². The zero-order chi connectivity index (χ0) is 14.8. The molecule has 8 heteroatoms. The first-order valence-electron chi connectivity index (χ1n) is 5.97. The highest BCUT2D eigenvalue weighted by Crippen LogP contribution is 2.21. The fourth-order valence-corrected chi connectivity index (χ4v) is 3.70. The molecule has 5 nitrogen and oxygen atoms in total. The monoisotopic (exact) mass is 315 g/mol. The fourth-order valence-electron chi connectivity index (χ4n) is 1.51. The predicted octanol–water partition coefficient (Wildman–Crippen LogP) is 2.68. The molecule has 0 atom stereocenters. The first-order chi connectivity index (χ1) is 9.37. The van der Waals surface area contributed by atoms with Gasteiger partial charge in [0.25, 0.3) is 10.0 Å². The van der Waals surface area contributed by atoms with E-state index < -0.39 is 15.8 Å². The number of aromatic nitrogens is 2. The molecule has 0 amide bonds. The highest BCUT2D eigenvalue weighted by atomic mass is 32.2. The predicted molar refractivity (Wildman–Crippen MR) is 75.7 cm³/mol. The topological polar surface area (TPSA) is 72.0 Å². The van der Waals surface area contributed by atoms with Gasteiger partial charge in [0.1, 0.15) is 10.8 Å². The number of hydrogen-bond acceptors (Lipinski definition) is 5. The molecule has 0 aliphatic heterocycles. The van der Waals surface area contributed by atoms with Gasteiger partial charge in [0, 0.05) is 6.42 Å². The SMILES string of the molecule is CC(C)Cc1nnc(NS(=O)(=O)c2ccc(F)cc2)s1. The number of anilines is 1. The molecular weight excluding hydrogens is 301 g/mol. The molecule has 2 rings (SSSR count). The molecule has 0 radical (unpaired) electrons. The van der Waals surface area contributed by atoms with Gasteiger partial charge in [-0.15, -0.1) is 10.2 Å². The Morgan fingerprint density at radius 1 is 1.25 bits per heavy atom. The second-order valence-corrected chi connectivity index (χ2v) is 7.40. The molecule has 0 unspecified atom stereocenters. The number of rotatable bonds is 5. The second kappa shape index (κ2) is 5.84. The van der Waals surface area contributed by atoms with Crippen LogP contribution >= 0.6 is 11.3 Å². The van der Waals surface area contributed by atoms with Crippen LogP contribution in [0.25, 0.3) is 0 Å². The van der Waals surface area contributed by atoms with Gasteiger partial charge >= 0.3 is 0 Å². The molecule has 1 N–H and O–H groups in total. The van der Waals surface area contributed by atoms with E-state index in [2.05, 4.69) is 14.9 Å². The van der Waals surface area contributed by atoms with Gasteiger partial charge in [0.2, 0.25) is 5.13 Å². The van der Waals surface area contributed by atoms with Gasteiger partial charge in [-0.25, -0.2) is 12.8 Å². The summed E-state index contributed by atoms with van der Waals surface area (Å²) in [7, 11) is -3.75. The number of nitrogens with one attached hydrogen (secondary N) is 1. The maximum Gasteiger partial charge on any atom is 0.263 e. The van der Waals surface area contributed by atoms with Gasteiger partial charge in [-0.1, -0.05) is 25.2 Å². The summed E-state index contributed by atoms with van der Waals surface area (Å²) in [6, 6.07) is 4.60. The Hall–Kier alpha value is -1.54. The van der Waals surface area contributed by atoms with Gasteiger partial charge in [-0.3, -0.25) is 4.72 Å². The summed E-state index contributed by atoms with van der Waals surface area (Å²) in [6.45, 7) is 4.09. The van der Waals surface area contributed by atoms with Crippen molar-refractivity contribution in [1.82, 2.24) is 10.2 Å². The van der Waals surface area contributed by atoms with E-state index in [1.165, 1.54) is 23.5 Å². The van der Waals surface area contributed by atoms with Gasteiger partial charge < -0.3 is 0 Å². The molecule has 2 aromatic rings. The molecule has 0 aliphatic rings. The van der Waals surface area contributed by atoms with Crippen LogP contribution in [0.15, 0.2) is 29.2 Å². The molecule has 108 valence electrons. The van der Waals surface area contributed by atoms with Crippen molar-refractivity contribution in [3.05, 3.63) is 35.1 Å². The van der Waals surface area contributed by atoms with Crippen LogP contribution in [0.4, 0.5) is 9.52 Å². The summed E-state index contributed by atoms with van der Waals surface area (Å²) in [5.74, 6) is -0.0661. The van der Waals surface area contributed by atoms with Crippen molar-refractivity contribution in [3.63, 3.8) is 0 Å². The van der Waals surface area contributed by atoms with Gasteiger partial charge in [-0.2, -0.15) is 0 Å². The highest BCUT2D eigenvalue weighted by molar-refractivity contribution is 7.93. The molecule has 0 fully saturated rings. The molecule has 0 saturated heterocycles. The Bertz CT molecular complexity index is 681. The lowest BCUT2D eigenvalue weighted by Crippen LogP contribution is -2.12. The number of benzene rings is 1. The summed E-state index contributed by atoms with van der Waals surface area (Å²) in [4.78, 5) is -0.0143. The van der Waals surface area contributed by atoms with Gasteiger partial charge in [0.15, 0.2) is 0 Å². The van der Waals surface area contributed by atoms with Crippen molar-refractivity contribution in [1.29, 1.82) is 0 Å². The van der Waals surface area contributed by atoms with E-state index in [4.69, 9.17) is 0 Å². The molecule has 20 heavy (non-hydrogen) atoms. The van der Waals surface area contributed by atoms with Crippen LogP contribution in [0.5, 0.6) is 0 Å². The third kappa shape index (κ3) is 3.73. The van der Waals surface area contributed by atoms with Crippen LogP contribution < -0.4 is 4.72 Å². The molecule has 0 spiro atoms. The zero-order valence-electron chi connectivity index (χ0n) is 11.0. The maximum absolute atomic E-state index is 12.8. The first kappa shape index (κ1) is 14.9. The Morgan fingerprint density at radius 2 is 1.90 bits per heavy atom. The van der Waals surface area contributed by atoms with Crippen LogP contribution in [0.1, 0.15) is 18.9 Å². The maximum atomic E-state index is 12.8. The number of halogens is 1. The van der Waals surface area contributed by atoms with Crippen LogP contribution in [-0.4, -0.2) is 18.6 Å². The average Bonchev–Trinajstić information content (AvgIpc) is 2.75. The molecule has 1 heterocycles. The normalized spacial score (nSPS) is 11.8. The number of sulfonamides is 1. The van der Waals surface area contributed by atoms with Crippen molar-refractivity contribution in [2.75, 3.05) is 4.72 Å². The molecule has 0 aliphatic carbocycles. The molecule has 1 aromatic carbocycles. The van der Waals surface area contributed by atoms with Crippen molar-refractivity contribution in [2.24, 2.45) is 5.92 Å². The van der Waals surface area contributed by atoms with Crippen LogP contribution in [-0.2, 0) is 16.4 Å². The van der Waals surface area contributed by atoms with E-state index >= 15 is 0 Å². The van der Waals surface area contributed by atoms with Crippen LogP contribution in [0.2, 0.25) is 0 Å². The van der Waals surface area contributed by atoms with E-state index in [1.807, 2.05) is 13.8 Å². The minimum atomic E-state index is -3.75. The quantitative estimate of drug-likeness (QED) is 0.921. The lowest BCUT2D eigenvalue weighted by atomic mass is 10.1. The van der Waals surface area contributed by atoms with Crippen LogP contribution in [0.3, 0.4) is 0 Å². The van der Waals surface area contributed by atoms with E-state index in [0.29, 0.717) is 5.92 Å². The lowest BCUT2D eigenvalue weighted by Gasteiger charge is -2.04. The zero-order valence-corrected chi connectivity index (χ0v) is 12.6. The second-order valence-electron chi connectivity index (χ2n) is 4.66. The third-order valence-corrected chi connectivity index (χ3v) is 4.74. The molecule has 0 bridgehead atoms.